The van der Waals surface area contributed by atoms with Gasteiger partial charge in [0.15, 0.2) is 0 Å². The molecule has 4 heteroatoms. The van der Waals surface area contributed by atoms with E-state index in [0.29, 0.717) is 12.0 Å². The van der Waals surface area contributed by atoms with Gasteiger partial charge in [0.25, 0.3) is 0 Å². The molecule has 1 aromatic carbocycles. The second-order valence-electron chi connectivity index (χ2n) is 5.64. The van der Waals surface area contributed by atoms with Crippen molar-refractivity contribution in [3.8, 4) is 0 Å². The maximum Gasteiger partial charge on any atom is 0.221 e. The molecule has 0 radical (unpaired) electrons. The summed E-state index contributed by atoms with van der Waals surface area (Å²) in [6, 6.07) is 9.04. The Balaban J connectivity index is 2.05. The molecule has 0 unspecified atom stereocenters. The molecule has 1 aliphatic carbocycles. The molecule has 2 heterocycles. The highest BCUT2D eigenvalue weighted by Crippen LogP contribution is 2.36. The molecule has 2 N–H and O–H groups in total. The Labute approximate surface area is 117 Å². The minimum atomic E-state index is 0.359. The maximum absolute atomic E-state index is 5.81. The number of nitrogens with zero attached hydrogens (tertiary/aromatic N) is 3. The van der Waals surface area contributed by atoms with Crippen LogP contribution in [0.2, 0.25) is 0 Å². The van der Waals surface area contributed by atoms with Gasteiger partial charge in [-0.3, -0.25) is 0 Å². The number of benzene rings is 1. The van der Waals surface area contributed by atoms with Crippen LogP contribution in [0.4, 0.5) is 5.95 Å². The molecule has 4 nitrogen and oxygen atoms in total. The molecule has 3 aromatic rings. The Kier molecular flexibility index (Phi) is 2.62. The van der Waals surface area contributed by atoms with E-state index >= 15 is 0 Å². The highest BCUT2D eigenvalue weighted by atomic mass is 15.1. The normalized spacial score (nSPS) is 17.0. The minimum absolute atomic E-state index is 0.359. The Bertz CT molecular complexity index is 769. The predicted octanol–water partition coefficient (Wildman–Crippen LogP) is 3.67. The van der Waals surface area contributed by atoms with Gasteiger partial charge < -0.3 is 10.3 Å². The minimum Gasteiger partial charge on any atom is -0.368 e. The first-order valence-corrected chi connectivity index (χ1v) is 7.36. The number of nitrogen functional groups attached to an aromatic ring is 1. The average Bonchev–Trinajstić information content (AvgIpc) is 2.81. The highest BCUT2D eigenvalue weighted by molar-refractivity contribution is 6.06. The van der Waals surface area contributed by atoms with Crippen molar-refractivity contribution in [1.82, 2.24) is 14.5 Å². The van der Waals surface area contributed by atoms with Gasteiger partial charge >= 0.3 is 0 Å². The van der Waals surface area contributed by atoms with Crippen molar-refractivity contribution in [3.63, 3.8) is 0 Å². The smallest absolute Gasteiger partial charge is 0.221 e. The van der Waals surface area contributed by atoms with Gasteiger partial charge in [0.2, 0.25) is 5.95 Å². The highest BCUT2D eigenvalue weighted by Gasteiger charge is 2.21. The third-order valence-corrected chi connectivity index (χ3v) is 4.41. The van der Waals surface area contributed by atoms with Crippen LogP contribution in [0.3, 0.4) is 0 Å². The lowest BCUT2D eigenvalue weighted by Gasteiger charge is -2.24. The number of aromatic nitrogens is 3. The van der Waals surface area contributed by atoms with E-state index in [1.165, 1.54) is 43.0 Å². The summed E-state index contributed by atoms with van der Waals surface area (Å²) in [4.78, 5) is 8.69. The second kappa shape index (κ2) is 4.47. The predicted molar refractivity (Wildman–Crippen MR) is 81.6 cm³/mol. The first-order valence-electron chi connectivity index (χ1n) is 7.36. The molecular formula is C16H18N4. The number of para-hydroxylation sites is 1. The van der Waals surface area contributed by atoms with Crippen molar-refractivity contribution >= 4 is 27.9 Å². The lowest BCUT2D eigenvalue weighted by molar-refractivity contribution is 0.366. The first kappa shape index (κ1) is 11.7. The molecular weight excluding hydrogens is 248 g/mol. The van der Waals surface area contributed by atoms with Gasteiger partial charge in [0, 0.05) is 23.0 Å². The van der Waals surface area contributed by atoms with Crippen molar-refractivity contribution < 1.29 is 0 Å². The number of nitrogens with two attached hydrogens (primary N) is 1. The molecule has 0 atom stereocenters. The third-order valence-electron chi connectivity index (χ3n) is 4.41. The molecule has 0 aliphatic heterocycles. The van der Waals surface area contributed by atoms with Gasteiger partial charge in [-0.15, -0.1) is 0 Å². The van der Waals surface area contributed by atoms with Crippen LogP contribution in [-0.4, -0.2) is 14.5 Å². The average molecular weight is 266 g/mol. The molecule has 1 fully saturated rings. The zero-order valence-electron chi connectivity index (χ0n) is 11.4. The van der Waals surface area contributed by atoms with Gasteiger partial charge in [-0.2, -0.15) is 4.98 Å². The lowest BCUT2D eigenvalue weighted by atomic mass is 9.95. The van der Waals surface area contributed by atoms with E-state index in [9.17, 15) is 0 Å². The van der Waals surface area contributed by atoms with Crippen molar-refractivity contribution in [1.29, 1.82) is 0 Å². The molecule has 20 heavy (non-hydrogen) atoms. The van der Waals surface area contributed by atoms with Crippen LogP contribution in [0.15, 0.2) is 30.5 Å². The van der Waals surface area contributed by atoms with Crippen molar-refractivity contribution in [3.05, 3.63) is 30.5 Å². The van der Waals surface area contributed by atoms with Crippen LogP contribution in [-0.2, 0) is 0 Å². The van der Waals surface area contributed by atoms with Crippen molar-refractivity contribution in [2.24, 2.45) is 0 Å². The first-order chi connectivity index (χ1) is 9.84. The van der Waals surface area contributed by atoms with Crippen LogP contribution in [0, 0.1) is 0 Å². The molecule has 1 aliphatic rings. The van der Waals surface area contributed by atoms with Gasteiger partial charge in [-0.1, -0.05) is 37.5 Å². The SMILES string of the molecule is Nc1ncc2c3ccccc3n(C3CCCCC3)c2n1. The Morgan fingerprint density at radius 3 is 2.70 bits per heavy atom. The molecule has 0 amide bonds. The number of rotatable bonds is 1. The summed E-state index contributed by atoms with van der Waals surface area (Å²) in [5, 5.41) is 2.34. The zero-order chi connectivity index (χ0) is 13.5. The summed E-state index contributed by atoms with van der Waals surface area (Å²) in [5.74, 6) is 0.359. The standard InChI is InChI=1S/C16H18N4/c17-16-18-10-13-12-8-4-5-9-14(12)20(15(13)19-16)11-6-2-1-3-7-11/h4-5,8-11H,1-3,6-7H2,(H2,17,18,19). The van der Waals surface area contributed by atoms with Crippen molar-refractivity contribution in [2.45, 2.75) is 38.1 Å². The summed E-state index contributed by atoms with van der Waals surface area (Å²) < 4.78 is 2.39. The summed E-state index contributed by atoms with van der Waals surface area (Å²) in [5.41, 5.74) is 8.06. The maximum atomic E-state index is 5.81. The molecule has 0 bridgehead atoms. The summed E-state index contributed by atoms with van der Waals surface area (Å²) >= 11 is 0. The Hall–Kier alpha value is -2.10. The summed E-state index contributed by atoms with van der Waals surface area (Å²) in [6.07, 6.45) is 8.29. The molecule has 0 saturated heterocycles. The van der Waals surface area contributed by atoms with E-state index in [2.05, 4.69) is 38.8 Å². The molecule has 4 rings (SSSR count). The fraction of sp³-hybridized carbons (Fsp3) is 0.375. The topological polar surface area (TPSA) is 56.7 Å². The number of hydrogen-bond acceptors (Lipinski definition) is 3. The fourth-order valence-electron chi connectivity index (χ4n) is 3.49. The van der Waals surface area contributed by atoms with Gasteiger partial charge in [-0.05, 0) is 18.9 Å². The van der Waals surface area contributed by atoms with E-state index in [1.807, 2.05) is 6.20 Å². The molecule has 2 aromatic heterocycles. The van der Waals surface area contributed by atoms with E-state index < -0.39 is 0 Å². The monoisotopic (exact) mass is 266 g/mol. The van der Waals surface area contributed by atoms with E-state index in [1.54, 1.807) is 0 Å². The van der Waals surface area contributed by atoms with Crippen molar-refractivity contribution in [2.75, 3.05) is 5.73 Å². The fourth-order valence-corrected chi connectivity index (χ4v) is 3.49. The summed E-state index contributed by atoms with van der Waals surface area (Å²) in [7, 11) is 0. The molecule has 0 spiro atoms. The zero-order valence-corrected chi connectivity index (χ0v) is 11.4. The number of anilines is 1. The molecule has 1 saturated carbocycles. The number of fused-ring (bicyclic) bond motifs is 3. The van der Waals surface area contributed by atoms with Gasteiger partial charge in [0.1, 0.15) is 5.65 Å². The largest absolute Gasteiger partial charge is 0.368 e. The van der Waals surface area contributed by atoms with E-state index in [0.717, 1.165) is 11.0 Å². The second-order valence-corrected chi connectivity index (χ2v) is 5.64. The number of hydrogen-bond donors (Lipinski definition) is 1. The lowest BCUT2D eigenvalue weighted by Crippen LogP contribution is -2.13. The Morgan fingerprint density at radius 1 is 1.05 bits per heavy atom. The summed E-state index contributed by atoms with van der Waals surface area (Å²) in [6.45, 7) is 0. The van der Waals surface area contributed by atoms with Crippen LogP contribution in [0.1, 0.15) is 38.1 Å². The van der Waals surface area contributed by atoms with Gasteiger partial charge in [-0.25, -0.2) is 4.98 Å². The van der Waals surface area contributed by atoms with Crippen LogP contribution in [0.5, 0.6) is 0 Å². The van der Waals surface area contributed by atoms with Gasteiger partial charge in [0.05, 0.1) is 5.52 Å². The quantitative estimate of drug-likeness (QED) is 0.731. The van der Waals surface area contributed by atoms with Crippen LogP contribution < -0.4 is 5.73 Å². The van der Waals surface area contributed by atoms with E-state index in [4.69, 9.17) is 5.73 Å². The van der Waals surface area contributed by atoms with Crippen LogP contribution in [0.25, 0.3) is 21.9 Å². The Morgan fingerprint density at radius 2 is 1.85 bits per heavy atom. The van der Waals surface area contributed by atoms with E-state index in [-0.39, 0.29) is 0 Å². The molecule has 102 valence electrons. The third kappa shape index (κ3) is 1.68. The van der Waals surface area contributed by atoms with Crippen LogP contribution >= 0.6 is 0 Å².